The lowest BCUT2D eigenvalue weighted by Crippen LogP contribution is -3.06. The van der Waals surface area contributed by atoms with Crippen LogP contribution in [0.2, 0.25) is 0 Å². The van der Waals surface area contributed by atoms with Crippen LogP contribution < -0.4 is 10.6 Å². The van der Waals surface area contributed by atoms with E-state index in [1.165, 1.54) is 6.33 Å². The highest BCUT2D eigenvalue weighted by Crippen LogP contribution is 2.22. The molecule has 3 N–H and O–H groups in total. The number of tetrazole rings is 1. The quantitative estimate of drug-likeness (QED) is 0.866. The molecule has 128 valence electrons. The Bertz CT molecular complexity index is 689. The van der Waals surface area contributed by atoms with Crippen LogP contribution in [0, 0.1) is 0 Å². The highest BCUT2D eigenvalue weighted by molar-refractivity contribution is 5.94. The van der Waals surface area contributed by atoms with Gasteiger partial charge in [0, 0.05) is 24.4 Å². The molecular formula is C17H25N6O+. The van der Waals surface area contributed by atoms with Crippen molar-refractivity contribution in [2.75, 3.05) is 0 Å². The largest absolute Gasteiger partial charge is 0.349 e. The van der Waals surface area contributed by atoms with Crippen molar-refractivity contribution < 1.29 is 10.1 Å². The van der Waals surface area contributed by atoms with Crippen LogP contribution >= 0.6 is 0 Å². The third-order valence-electron chi connectivity index (χ3n) is 4.40. The number of carbonyl (C=O) groups is 1. The smallest absolute Gasteiger partial charge is 0.251 e. The molecule has 1 aliphatic rings. The van der Waals surface area contributed by atoms with E-state index >= 15 is 0 Å². The fraction of sp³-hybridized carbons (Fsp3) is 0.529. The first-order valence-electron chi connectivity index (χ1n) is 8.26. The van der Waals surface area contributed by atoms with Crippen molar-refractivity contribution in [2.24, 2.45) is 0 Å². The lowest BCUT2D eigenvalue weighted by Gasteiger charge is -2.43. The summed E-state index contributed by atoms with van der Waals surface area (Å²) in [6.45, 7) is 8.92. The number of hydrogen-bond donors (Lipinski definition) is 2. The Balaban J connectivity index is 1.68. The Morgan fingerprint density at radius 3 is 2.33 bits per heavy atom. The van der Waals surface area contributed by atoms with Crippen LogP contribution in [0.25, 0.3) is 5.69 Å². The molecule has 3 rings (SSSR count). The SMILES string of the molecule is CC1(C)CC(NC(=O)c2ccc(-n3cnnn3)cc2)CC(C)(C)[NH2+]1. The summed E-state index contributed by atoms with van der Waals surface area (Å²) < 4.78 is 1.56. The van der Waals surface area contributed by atoms with E-state index in [0.717, 1.165) is 18.5 Å². The molecule has 7 nitrogen and oxygen atoms in total. The van der Waals surface area contributed by atoms with Crippen LogP contribution in [0.3, 0.4) is 0 Å². The zero-order valence-electron chi connectivity index (χ0n) is 14.7. The standard InChI is InChI=1S/C17H24N6O/c1-16(2)9-13(10-17(3,4)20-16)19-15(24)12-5-7-14(8-6-12)23-11-18-21-22-23/h5-8,11,13,20H,9-10H2,1-4H3,(H,19,24)/p+1. The fourth-order valence-electron chi connectivity index (χ4n) is 3.93. The highest BCUT2D eigenvalue weighted by atomic mass is 16.1. The third-order valence-corrected chi connectivity index (χ3v) is 4.40. The first kappa shape index (κ1) is 16.6. The van der Waals surface area contributed by atoms with Gasteiger partial charge in [0.1, 0.15) is 6.33 Å². The summed E-state index contributed by atoms with van der Waals surface area (Å²) in [5, 5.41) is 16.7. The van der Waals surface area contributed by atoms with E-state index < -0.39 is 0 Å². The summed E-state index contributed by atoms with van der Waals surface area (Å²) in [6, 6.07) is 7.48. The molecule has 7 heteroatoms. The number of amides is 1. The molecule has 0 saturated carbocycles. The van der Waals surface area contributed by atoms with Gasteiger partial charge in [0.05, 0.1) is 16.8 Å². The summed E-state index contributed by atoms with van der Waals surface area (Å²) in [5.74, 6) is -0.0308. The Hall–Kier alpha value is -2.28. The van der Waals surface area contributed by atoms with Gasteiger partial charge in [-0.3, -0.25) is 4.79 Å². The number of nitrogens with two attached hydrogens (primary N) is 1. The topological polar surface area (TPSA) is 89.3 Å². The molecule has 2 aromatic rings. The second-order valence-corrected chi connectivity index (χ2v) is 8.00. The van der Waals surface area contributed by atoms with E-state index in [0.29, 0.717) is 5.56 Å². The van der Waals surface area contributed by atoms with Crippen LogP contribution in [0.1, 0.15) is 50.9 Å². The molecular weight excluding hydrogens is 304 g/mol. The van der Waals surface area contributed by atoms with Gasteiger partial charge in [-0.2, -0.15) is 0 Å². The van der Waals surface area contributed by atoms with Gasteiger partial charge in [-0.05, 0) is 62.4 Å². The Kier molecular flexibility index (Phi) is 4.13. The molecule has 1 aliphatic heterocycles. The monoisotopic (exact) mass is 329 g/mol. The maximum atomic E-state index is 12.6. The Labute approximate surface area is 141 Å². The number of piperidine rings is 1. The number of carbonyl (C=O) groups excluding carboxylic acids is 1. The summed E-state index contributed by atoms with van der Waals surface area (Å²) >= 11 is 0. The number of aromatic nitrogens is 4. The minimum Gasteiger partial charge on any atom is -0.349 e. The van der Waals surface area contributed by atoms with E-state index in [4.69, 9.17) is 0 Å². The van der Waals surface area contributed by atoms with Crippen molar-refractivity contribution in [3.63, 3.8) is 0 Å². The summed E-state index contributed by atoms with van der Waals surface area (Å²) in [4.78, 5) is 12.6. The lowest BCUT2D eigenvalue weighted by atomic mass is 9.79. The number of nitrogens with one attached hydrogen (secondary N) is 1. The van der Waals surface area contributed by atoms with Crippen molar-refractivity contribution in [1.29, 1.82) is 0 Å². The Morgan fingerprint density at radius 1 is 1.17 bits per heavy atom. The van der Waals surface area contributed by atoms with Crippen LogP contribution in [0.15, 0.2) is 30.6 Å². The minimum atomic E-state index is -0.0308. The molecule has 1 fully saturated rings. The van der Waals surface area contributed by atoms with E-state index in [9.17, 15) is 4.79 Å². The van der Waals surface area contributed by atoms with Gasteiger partial charge in [0.15, 0.2) is 0 Å². The molecule has 1 aromatic carbocycles. The zero-order chi connectivity index (χ0) is 17.4. The zero-order valence-corrected chi connectivity index (χ0v) is 14.7. The average molecular weight is 329 g/mol. The van der Waals surface area contributed by atoms with E-state index in [1.807, 2.05) is 12.1 Å². The van der Waals surface area contributed by atoms with E-state index in [1.54, 1.807) is 16.8 Å². The number of nitrogens with zero attached hydrogens (tertiary/aromatic N) is 4. The molecule has 0 atom stereocenters. The minimum absolute atomic E-state index is 0.0308. The number of benzene rings is 1. The second-order valence-electron chi connectivity index (χ2n) is 8.00. The molecule has 2 heterocycles. The first-order valence-corrected chi connectivity index (χ1v) is 8.26. The van der Waals surface area contributed by atoms with Crippen LogP contribution in [0.4, 0.5) is 0 Å². The molecule has 0 spiro atoms. The van der Waals surface area contributed by atoms with Gasteiger partial charge in [-0.25, -0.2) is 4.68 Å². The van der Waals surface area contributed by atoms with Gasteiger partial charge < -0.3 is 10.6 Å². The highest BCUT2D eigenvalue weighted by Gasteiger charge is 2.42. The molecule has 0 unspecified atom stereocenters. The van der Waals surface area contributed by atoms with Gasteiger partial charge in [0.25, 0.3) is 5.91 Å². The van der Waals surface area contributed by atoms with E-state index in [-0.39, 0.29) is 23.0 Å². The number of quaternary nitrogens is 1. The van der Waals surface area contributed by atoms with Crippen molar-refractivity contribution >= 4 is 5.91 Å². The van der Waals surface area contributed by atoms with Crippen molar-refractivity contribution in [2.45, 2.75) is 57.7 Å². The molecule has 1 amide bonds. The van der Waals surface area contributed by atoms with Crippen LogP contribution in [-0.2, 0) is 0 Å². The van der Waals surface area contributed by atoms with Crippen molar-refractivity contribution in [3.8, 4) is 5.69 Å². The van der Waals surface area contributed by atoms with Crippen LogP contribution in [0.5, 0.6) is 0 Å². The predicted octanol–water partition coefficient (Wildman–Crippen LogP) is 0.675. The maximum Gasteiger partial charge on any atom is 0.251 e. The van der Waals surface area contributed by atoms with Gasteiger partial charge >= 0.3 is 0 Å². The maximum absolute atomic E-state index is 12.6. The molecule has 24 heavy (non-hydrogen) atoms. The number of hydrogen-bond acceptors (Lipinski definition) is 4. The normalized spacial score (nSPS) is 19.8. The van der Waals surface area contributed by atoms with Crippen molar-refractivity contribution in [1.82, 2.24) is 25.5 Å². The summed E-state index contributed by atoms with van der Waals surface area (Å²) in [5.41, 5.74) is 1.73. The Morgan fingerprint density at radius 2 is 1.79 bits per heavy atom. The summed E-state index contributed by atoms with van der Waals surface area (Å²) in [6.07, 6.45) is 3.45. The summed E-state index contributed by atoms with van der Waals surface area (Å²) in [7, 11) is 0. The lowest BCUT2D eigenvalue weighted by molar-refractivity contribution is -0.787. The molecule has 0 radical (unpaired) electrons. The second kappa shape index (κ2) is 5.98. The van der Waals surface area contributed by atoms with Crippen LogP contribution in [-0.4, -0.2) is 43.2 Å². The van der Waals surface area contributed by atoms with Gasteiger partial charge in [-0.15, -0.1) is 5.10 Å². The van der Waals surface area contributed by atoms with Crippen molar-refractivity contribution in [3.05, 3.63) is 36.2 Å². The fourth-order valence-corrected chi connectivity index (χ4v) is 3.93. The number of rotatable bonds is 3. The molecule has 0 aliphatic carbocycles. The third kappa shape index (κ3) is 3.79. The van der Waals surface area contributed by atoms with Gasteiger partial charge in [0.2, 0.25) is 0 Å². The van der Waals surface area contributed by atoms with E-state index in [2.05, 4.69) is 53.9 Å². The van der Waals surface area contributed by atoms with Gasteiger partial charge in [-0.1, -0.05) is 0 Å². The first-order chi connectivity index (χ1) is 11.2. The molecule has 1 aromatic heterocycles. The average Bonchev–Trinajstić information content (AvgIpc) is 2.98. The molecule has 1 saturated heterocycles. The molecule has 0 bridgehead atoms. The predicted molar refractivity (Wildman–Crippen MR) is 89.7 cm³/mol.